The summed E-state index contributed by atoms with van der Waals surface area (Å²) in [5.41, 5.74) is 0. The number of anilines is 1. The van der Waals surface area contributed by atoms with Gasteiger partial charge in [0.2, 0.25) is 5.91 Å². The van der Waals surface area contributed by atoms with E-state index in [0.717, 1.165) is 6.20 Å². The first kappa shape index (κ1) is 10.6. The highest BCUT2D eigenvalue weighted by Gasteiger charge is 2.01. The van der Waals surface area contributed by atoms with Gasteiger partial charge in [-0.15, -0.1) is 0 Å². The molecule has 0 saturated heterocycles. The Morgan fingerprint density at radius 3 is 2.93 bits per heavy atom. The summed E-state index contributed by atoms with van der Waals surface area (Å²) in [7, 11) is 1.77. The molecule has 76 valence electrons. The summed E-state index contributed by atoms with van der Waals surface area (Å²) in [5, 5.41) is 5.40. The van der Waals surface area contributed by atoms with Gasteiger partial charge in [0.15, 0.2) is 0 Å². The van der Waals surface area contributed by atoms with Crippen molar-refractivity contribution in [2.45, 2.75) is 6.42 Å². The van der Waals surface area contributed by atoms with E-state index < -0.39 is 5.82 Å². The molecule has 4 nitrogen and oxygen atoms in total. The largest absolute Gasteiger partial charge is 0.319 e. The minimum atomic E-state index is -0.418. The van der Waals surface area contributed by atoms with Crippen molar-refractivity contribution in [3.05, 3.63) is 24.1 Å². The number of carbonyl (C=O) groups is 1. The molecule has 0 radical (unpaired) electrons. The third-order valence-corrected chi connectivity index (χ3v) is 1.60. The van der Waals surface area contributed by atoms with Gasteiger partial charge >= 0.3 is 0 Å². The van der Waals surface area contributed by atoms with Crippen molar-refractivity contribution in [3.8, 4) is 0 Å². The van der Waals surface area contributed by atoms with Crippen LogP contribution in [0.2, 0.25) is 0 Å². The average molecular weight is 197 g/mol. The van der Waals surface area contributed by atoms with Crippen molar-refractivity contribution < 1.29 is 9.18 Å². The molecule has 5 heteroatoms. The summed E-state index contributed by atoms with van der Waals surface area (Å²) in [6.45, 7) is 0.604. The Balaban J connectivity index is 2.44. The van der Waals surface area contributed by atoms with Crippen molar-refractivity contribution >= 4 is 11.7 Å². The normalized spacial score (nSPS) is 9.86. The summed E-state index contributed by atoms with van der Waals surface area (Å²) in [4.78, 5) is 14.9. The standard InChI is InChI=1S/C9H12FN3O/c1-11-5-4-9(14)13-8-3-2-7(10)6-12-8/h2-3,6,11H,4-5H2,1H3,(H,12,13,14). The van der Waals surface area contributed by atoms with E-state index in [4.69, 9.17) is 0 Å². The lowest BCUT2D eigenvalue weighted by molar-refractivity contribution is -0.116. The highest BCUT2D eigenvalue weighted by Crippen LogP contribution is 2.03. The number of hydrogen-bond donors (Lipinski definition) is 2. The first-order valence-corrected chi connectivity index (χ1v) is 4.28. The number of nitrogens with zero attached hydrogens (tertiary/aromatic N) is 1. The highest BCUT2D eigenvalue weighted by atomic mass is 19.1. The lowest BCUT2D eigenvalue weighted by Gasteiger charge is -2.03. The predicted octanol–water partition coefficient (Wildman–Crippen LogP) is 0.769. The number of pyridine rings is 1. The maximum absolute atomic E-state index is 12.4. The van der Waals surface area contributed by atoms with Crippen molar-refractivity contribution in [2.24, 2.45) is 0 Å². The van der Waals surface area contributed by atoms with Gasteiger partial charge in [0.25, 0.3) is 0 Å². The maximum Gasteiger partial charge on any atom is 0.226 e. The molecule has 1 amide bonds. The average Bonchev–Trinajstić information content (AvgIpc) is 2.18. The number of hydrogen-bond acceptors (Lipinski definition) is 3. The van der Waals surface area contributed by atoms with E-state index in [-0.39, 0.29) is 5.91 Å². The first-order chi connectivity index (χ1) is 6.72. The van der Waals surface area contributed by atoms with Crippen LogP contribution < -0.4 is 10.6 Å². The lowest BCUT2D eigenvalue weighted by atomic mass is 10.4. The molecule has 1 aromatic heterocycles. The van der Waals surface area contributed by atoms with Gasteiger partial charge in [-0.1, -0.05) is 0 Å². The number of halogens is 1. The van der Waals surface area contributed by atoms with Crippen LogP contribution in [0, 0.1) is 5.82 Å². The summed E-state index contributed by atoms with van der Waals surface area (Å²) in [6.07, 6.45) is 1.43. The molecular formula is C9H12FN3O. The molecule has 0 aliphatic rings. The fraction of sp³-hybridized carbons (Fsp3) is 0.333. The minimum Gasteiger partial charge on any atom is -0.319 e. The third kappa shape index (κ3) is 3.49. The zero-order chi connectivity index (χ0) is 10.4. The van der Waals surface area contributed by atoms with Crippen LogP contribution in [0.1, 0.15) is 6.42 Å². The topological polar surface area (TPSA) is 54.0 Å². The second kappa shape index (κ2) is 5.29. The quantitative estimate of drug-likeness (QED) is 0.749. The van der Waals surface area contributed by atoms with Crippen LogP contribution in [0.15, 0.2) is 18.3 Å². The Kier molecular flexibility index (Phi) is 4.00. The minimum absolute atomic E-state index is 0.140. The molecule has 2 N–H and O–H groups in total. The molecule has 0 saturated carbocycles. The van der Waals surface area contributed by atoms with Crippen LogP contribution in [0.5, 0.6) is 0 Å². The molecule has 0 atom stereocenters. The molecule has 0 aromatic carbocycles. The van der Waals surface area contributed by atoms with Crippen LogP contribution in [0.4, 0.5) is 10.2 Å². The van der Waals surface area contributed by atoms with E-state index in [9.17, 15) is 9.18 Å². The predicted molar refractivity (Wildman–Crippen MR) is 51.4 cm³/mol. The molecule has 0 unspecified atom stereocenters. The Morgan fingerprint density at radius 1 is 1.57 bits per heavy atom. The van der Waals surface area contributed by atoms with Crippen molar-refractivity contribution in [3.63, 3.8) is 0 Å². The monoisotopic (exact) mass is 197 g/mol. The number of nitrogens with one attached hydrogen (secondary N) is 2. The van der Waals surface area contributed by atoms with Gasteiger partial charge in [-0.25, -0.2) is 9.37 Å². The number of carbonyl (C=O) groups excluding carboxylic acids is 1. The molecule has 0 fully saturated rings. The van der Waals surface area contributed by atoms with Gasteiger partial charge in [-0.3, -0.25) is 4.79 Å². The van der Waals surface area contributed by atoms with Crippen LogP contribution >= 0.6 is 0 Å². The third-order valence-electron chi connectivity index (χ3n) is 1.60. The first-order valence-electron chi connectivity index (χ1n) is 4.28. The van der Waals surface area contributed by atoms with E-state index in [0.29, 0.717) is 18.8 Å². The van der Waals surface area contributed by atoms with Gasteiger partial charge in [-0.2, -0.15) is 0 Å². The zero-order valence-corrected chi connectivity index (χ0v) is 7.88. The van der Waals surface area contributed by atoms with E-state index in [1.54, 1.807) is 7.05 Å². The molecule has 0 bridgehead atoms. The summed E-state index contributed by atoms with van der Waals surface area (Å²) in [6, 6.07) is 2.67. The van der Waals surface area contributed by atoms with E-state index in [1.807, 2.05) is 0 Å². The second-order valence-corrected chi connectivity index (χ2v) is 2.76. The van der Waals surface area contributed by atoms with Crippen molar-refractivity contribution in [1.29, 1.82) is 0 Å². The van der Waals surface area contributed by atoms with Crippen LogP contribution in [-0.2, 0) is 4.79 Å². The summed E-state index contributed by atoms with van der Waals surface area (Å²) >= 11 is 0. The number of rotatable bonds is 4. The zero-order valence-electron chi connectivity index (χ0n) is 7.88. The van der Waals surface area contributed by atoms with Gasteiger partial charge in [0.1, 0.15) is 11.6 Å². The number of amides is 1. The highest BCUT2D eigenvalue weighted by molar-refractivity contribution is 5.89. The molecule has 1 heterocycles. The van der Waals surface area contributed by atoms with Crippen molar-refractivity contribution in [1.82, 2.24) is 10.3 Å². The summed E-state index contributed by atoms with van der Waals surface area (Å²) in [5.74, 6) is -0.191. The molecular weight excluding hydrogens is 185 g/mol. The molecule has 14 heavy (non-hydrogen) atoms. The molecule has 0 aliphatic carbocycles. The molecule has 0 aliphatic heterocycles. The van der Waals surface area contributed by atoms with Crippen LogP contribution in [0.3, 0.4) is 0 Å². The number of aromatic nitrogens is 1. The smallest absolute Gasteiger partial charge is 0.226 e. The van der Waals surface area contributed by atoms with Gasteiger partial charge < -0.3 is 10.6 Å². The van der Waals surface area contributed by atoms with E-state index in [2.05, 4.69) is 15.6 Å². The van der Waals surface area contributed by atoms with Gasteiger partial charge in [-0.05, 0) is 19.2 Å². The Morgan fingerprint density at radius 2 is 2.36 bits per heavy atom. The van der Waals surface area contributed by atoms with Crippen molar-refractivity contribution in [2.75, 3.05) is 18.9 Å². The summed E-state index contributed by atoms with van der Waals surface area (Å²) < 4.78 is 12.4. The SMILES string of the molecule is CNCCC(=O)Nc1ccc(F)cn1. The molecule has 1 rings (SSSR count). The Bertz CT molecular complexity index is 299. The van der Waals surface area contributed by atoms with E-state index in [1.165, 1.54) is 12.1 Å². The van der Waals surface area contributed by atoms with E-state index >= 15 is 0 Å². The Labute approximate surface area is 81.5 Å². The maximum atomic E-state index is 12.4. The molecule has 1 aromatic rings. The fourth-order valence-corrected chi connectivity index (χ4v) is 0.894. The fourth-order valence-electron chi connectivity index (χ4n) is 0.894. The van der Waals surface area contributed by atoms with Gasteiger partial charge in [0, 0.05) is 13.0 Å². The Hall–Kier alpha value is -1.49. The van der Waals surface area contributed by atoms with Crippen LogP contribution in [-0.4, -0.2) is 24.5 Å². The molecule has 0 spiro atoms. The van der Waals surface area contributed by atoms with Gasteiger partial charge in [0.05, 0.1) is 6.20 Å². The second-order valence-electron chi connectivity index (χ2n) is 2.76. The van der Waals surface area contributed by atoms with Crippen LogP contribution in [0.25, 0.3) is 0 Å². The lowest BCUT2D eigenvalue weighted by Crippen LogP contribution is -2.19.